The molecule has 0 saturated carbocycles. The quantitative estimate of drug-likeness (QED) is 0.671. The fourth-order valence-electron chi connectivity index (χ4n) is 3.30. The molecule has 0 atom stereocenters. The highest BCUT2D eigenvalue weighted by atomic mass is 16.3. The molecule has 0 aliphatic carbocycles. The molecule has 0 bridgehead atoms. The molecule has 0 aromatic heterocycles. The van der Waals surface area contributed by atoms with Crippen molar-refractivity contribution in [1.29, 1.82) is 0 Å². The third kappa shape index (κ3) is 4.06. The van der Waals surface area contributed by atoms with Gasteiger partial charge in [-0.15, -0.1) is 0 Å². The van der Waals surface area contributed by atoms with Crippen molar-refractivity contribution in [1.82, 2.24) is 10.2 Å². The fraction of sp³-hybridized carbons (Fsp3) is 0.450. The normalized spacial score (nSPS) is 16.6. The van der Waals surface area contributed by atoms with E-state index in [1.165, 1.54) is 16.3 Å². The number of likely N-dealkylation sites (tertiary alicyclic amines) is 1. The first kappa shape index (κ1) is 16.8. The third-order valence-corrected chi connectivity index (χ3v) is 4.62. The largest absolute Gasteiger partial charge is 0.393 e. The van der Waals surface area contributed by atoms with Crippen LogP contribution in [0.1, 0.15) is 25.3 Å². The molecule has 0 amide bonds. The Hall–Kier alpha value is -2.07. The number of fused-ring (bicyclic) bond motifs is 1. The number of hydrogen-bond acceptors (Lipinski definition) is 2. The second kappa shape index (κ2) is 8.15. The van der Waals surface area contributed by atoms with Gasteiger partial charge in [0.15, 0.2) is 5.96 Å². The molecule has 1 saturated heterocycles. The number of nitrogens with zero attached hydrogens (tertiary/aromatic N) is 2. The van der Waals surface area contributed by atoms with Crippen molar-refractivity contribution in [3.05, 3.63) is 48.0 Å². The van der Waals surface area contributed by atoms with E-state index in [2.05, 4.69) is 59.6 Å². The van der Waals surface area contributed by atoms with Crippen molar-refractivity contribution >= 4 is 16.7 Å². The lowest BCUT2D eigenvalue weighted by molar-refractivity contribution is 0.108. The summed E-state index contributed by atoms with van der Waals surface area (Å²) < 4.78 is 0. The van der Waals surface area contributed by atoms with Gasteiger partial charge in [0.25, 0.3) is 0 Å². The van der Waals surface area contributed by atoms with Crippen LogP contribution in [0.4, 0.5) is 0 Å². The summed E-state index contributed by atoms with van der Waals surface area (Å²) in [5.74, 6) is 0.977. The van der Waals surface area contributed by atoms with Gasteiger partial charge < -0.3 is 15.3 Å². The van der Waals surface area contributed by atoms with E-state index in [0.29, 0.717) is 0 Å². The molecule has 1 aliphatic heterocycles. The Bertz CT molecular complexity index is 685. The van der Waals surface area contributed by atoms with Crippen LogP contribution in [-0.4, -0.2) is 48.2 Å². The molecule has 0 radical (unpaired) electrons. The maximum absolute atomic E-state index is 9.68. The number of guanidine groups is 1. The van der Waals surface area contributed by atoms with E-state index in [1.807, 2.05) is 0 Å². The first-order chi connectivity index (χ1) is 11.8. The summed E-state index contributed by atoms with van der Waals surface area (Å²) in [7, 11) is 0. The van der Waals surface area contributed by atoms with E-state index >= 15 is 0 Å². The number of rotatable bonds is 4. The summed E-state index contributed by atoms with van der Waals surface area (Å²) in [5.41, 5.74) is 1.35. The van der Waals surface area contributed by atoms with E-state index in [4.69, 9.17) is 4.99 Å². The molecule has 128 valence electrons. The van der Waals surface area contributed by atoms with E-state index in [-0.39, 0.29) is 6.10 Å². The van der Waals surface area contributed by atoms with Crippen molar-refractivity contribution in [2.75, 3.05) is 26.2 Å². The smallest absolute Gasteiger partial charge is 0.193 e. The monoisotopic (exact) mass is 325 g/mol. The second-order valence-corrected chi connectivity index (χ2v) is 6.34. The van der Waals surface area contributed by atoms with Crippen LogP contribution in [-0.2, 0) is 6.42 Å². The average molecular weight is 325 g/mol. The van der Waals surface area contributed by atoms with Crippen molar-refractivity contribution in [2.45, 2.75) is 32.3 Å². The Morgan fingerprint density at radius 2 is 1.92 bits per heavy atom. The molecular formula is C20H27N3O. The maximum atomic E-state index is 9.68. The molecule has 3 rings (SSSR count). The van der Waals surface area contributed by atoms with Gasteiger partial charge in [-0.3, -0.25) is 4.99 Å². The summed E-state index contributed by atoms with van der Waals surface area (Å²) in [6, 6.07) is 15.0. The van der Waals surface area contributed by atoms with Crippen molar-refractivity contribution < 1.29 is 5.11 Å². The Balaban J connectivity index is 1.68. The van der Waals surface area contributed by atoms with Crippen LogP contribution in [0.25, 0.3) is 10.8 Å². The van der Waals surface area contributed by atoms with Crippen LogP contribution in [0, 0.1) is 0 Å². The summed E-state index contributed by atoms with van der Waals surface area (Å²) >= 11 is 0. The standard InChI is InChI=1S/C20H27N3O/c1-2-21-20(23-14-11-18(24)12-15-23)22-13-10-17-8-5-7-16-6-3-4-9-19(16)17/h3-9,18,24H,2,10-15H2,1H3,(H,21,22). The number of nitrogens with one attached hydrogen (secondary N) is 1. The Kier molecular flexibility index (Phi) is 5.70. The van der Waals surface area contributed by atoms with E-state index in [0.717, 1.165) is 51.4 Å². The lowest BCUT2D eigenvalue weighted by atomic mass is 10.0. The molecule has 2 aromatic rings. The predicted molar refractivity (Wildman–Crippen MR) is 100 cm³/mol. The van der Waals surface area contributed by atoms with Gasteiger partial charge in [-0.2, -0.15) is 0 Å². The topological polar surface area (TPSA) is 47.9 Å². The zero-order valence-electron chi connectivity index (χ0n) is 14.4. The zero-order chi connectivity index (χ0) is 16.8. The lowest BCUT2D eigenvalue weighted by Crippen LogP contribution is -2.46. The van der Waals surface area contributed by atoms with E-state index < -0.39 is 0 Å². The highest BCUT2D eigenvalue weighted by Crippen LogP contribution is 2.19. The molecule has 0 spiro atoms. The van der Waals surface area contributed by atoms with Crippen LogP contribution < -0.4 is 5.32 Å². The zero-order valence-corrected chi connectivity index (χ0v) is 14.4. The van der Waals surface area contributed by atoms with Crippen molar-refractivity contribution in [3.63, 3.8) is 0 Å². The number of aliphatic hydroxyl groups is 1. The number of benzene rings is 2. The number of hydrogen-bond donors (Lipinski definition) is 2. The number of aliphatic imine (C=N–C) groups is 1. The molecule has 1 heterocycles. The van der Waals surface area contributed by atoms with E-state index in [1.54, 1.807) is 0 Å². The van der Waals surface area contributed by atoms with Gasteiger partial charge in [0.1, 0.15) is 0 Å². The minimum absolute atomic E-state index is 0.153. The van der Waals surface area contributed by atoms with Crippen molar-refractivity contribution in [2.24, 2.45) is 4.99 Å². The van der Waals surface area contributed by atoms with Gasteiger partial charge >= 0.3 is 0 Å². The molecule has 0 unspecified atom stereocenters. The Morgan fingerprint density at radius 3 is 2.71 bits per heavy atom. The van der Waals surface area contributed by atoms with Gasteiger partial charge in [0.2, 0.25) is 0 Å². The van der Waals surface area contributed by atoms with Gasteiger partial charge in [0, 0.05) is 26.2 Å². The van der Waals surface area contributed by atoms with Crippen LogP contribution in [0.15, 0.2) is 47.5 Å². The summed E-state index contributed by atoms with van der Waals surface area (Å²) in [4.78, 5) is 7.08. The summed E-state index contributed by atoms with van der Waals surface area (Å²) in [6.45, 7) is 5.49. The Morgan fingerprint density at radius 1 is 1.17 bits per heavy atom. The average Bonchev–Trinajstić information content (AvgIpc) is 2.62. The minimum Gasteiger partial charge on any atom is -0.393 e. The molecular weight excluding hydrogens is 298 g/mol. The van der Waals surface area contributed by atoms with E-state index in [9.17, 15) is 5.11 Å². The summed E-state index contributed by atoms with van der Waals surface area (Å²) in [5, 5.41) is 15.7. The van der Waals surface area contributed by atoms with Crippen LogP contribution in [0.5, 0.6) is 0 Å². The van der Waals surface area contributed by atoms with Gasteiger partial charge in [0.05, 0.1) is 6.10 Å². The molecule has 2 N–H and O–H groups in total. The van der Waals surface area contributed by atoms with Gasteiger partial charge in [-0.1, -0.05) is 42.5 Å². The number of aliphatic hydroxyl groups excluding tert-OH is 1. The molecule has 24 heavy (non-hydrogen) atoms. The fourth-order valence-corrected chi connectivity index (χ4v) is 3.30. The highest BCUT2D eigenvalue weighted by Gasteiger charge is 2.19. The van der Waals surface area contributed by atoms with Gasteiger partial charge in [-0.05, 0) is 42.5 Å². The molecule has 1 fully saturated rings. The highest BCUT2D eigenvalue weighted by molar-refractivity contribution is 5.85. The molecule has 2 aromatic carbocycles. The van der Waals surface area contributed by atoms with Crippen molar-refractivity contribution in [3.8, 4) is 0 Å². The number of piperidine rings is 1. The first-order valence-corrected chi connectivity index (χ1v) is 8.96. The Labute approximate surface area is 144 Å². The summed E-state index contributed by atoms with van der Waals surface area (Å²) in [6.07, 6.45) is 2.44. The van der Waals surface area contributed by atoms with Crippen LogP contribution >= 0.6 is 0 Å². The second-order valence-electron chi connectivity index (χ2n) is 6.34. The maximum Gasteiger partial charge on any atom is 0.193 e. The predicted octanol–water partition coefficient (Wildman–Crippen LogP) is 2.80. The molecule has 4 nitrogen and oxygen atoms in total. The first-order valence-electron chi connectivity index (χ1n) is 8.96. The molecule has 4 heteroatoms. The SMILES string of the molecule is CCNC(=NCCc1cccc2ccccc12)N1CCC(O)CC1. The van der Waals surface area contributed by atoms with Gasteiger partial charge in [-0.25, -0.2) is 0 Å². The third-order valence-electron chi connectivity index (χ3n) is 4.62. The molecule has 1 aliphatic rings. The van der Waals surface area contributed by atoms with Crippen LogP contribution in [0.3, 0.4) is 0 Å². The minimum atomic E-state index is -0.153. The van der Waals surface area contributed by atoms with Crippen LogP contribution in [0.2, 0.25) is 0 Å². The lowest BCUT2D eigenvalue weighted by Gasteiger charge is -2.32.